The van der Waals surface area contributed by atoms with E-state index in [1.165, 1.54) is 0 Å². The third-order valence-electron chi connectivity index (χ3n) is 3.74. The fraction of sp³-hybridized carbons (Fsp3) is 0.846. The van der Waals surface area contributed by atoms with Gasteiger partial charge in [-0.2, -0.15) is 0 Å². The lowest BCUT2D eigenvalue weighted by molar-refractivity contribution is -0.145. The Labute approximate surface area is 107 Å². The molecule has 2 heterocycles. The van der Waals surface area contributed by atoms with Crippen LogP contribution in [0.25, 0.3) is 0 Å². The SMILES string of the molecule is CC(C)(C)OC(=O)N1[C@@H]2CCC(C(=O)O)[C@H]1CC2. The number of carbonyl (C=O) groups is 2. The van der Waals surface area contributed by atoms with Crippen LogP contribution in [0.4, 0.5) is 4.79 Å². The molecule has 5 heteroatoms. The number of rotatable bonds is 1. The lowest BCUT2D eigenvalue weighted by Gasteiger charge is -2.38. The molecular weight excluding hydrogens is 234 g/mol. The number of ether oxygens (including phenoxy) is 1. The van der Waals surface area contributed by atoms with Crippen molar-refractivity contribution >= 4 is 12.1 Å². The number of aliphatic carboxylic acids is 1. The van der Waals surface area contributed by atoms with Crippen molar-refractivity contribution < 1.29 is 19.4 Å². The summed E-state index contributed by atoms with van der Waals surface area (Å²) in [5.74, 6) is -1.23. The van der Waals surface area contributed by atoms with Crippen LogP contribution < -0.4 is 0 Å². The molecule has 0 saturated carbocycles. The molecule has 2 bridgehead atoms. The maximum absolute atomic E-state index is 12.2. The first-order valence-corrected chi connectivity index (χ1v) is 6.54. The lowest BCUT2D eigenvalue weighted by Crippen LogP contribution is -2.51. The van der Waals surface area contributed by atoms with Gasteiger partial charge in [0.25, 0.3) is 0 Å². The molecular formula is C13H21NO4. The van der Waals surface area contributed by atoms with E-state index in [4.69, 9.17) is 4.74 Å². The van der Waals surface area contributed by atoms with Gasteiger partial charge in [0.15, 0.2) is 0 Å². The zero-order valence-corrected chi connectivity index (χ0v) is 11.2. The van der Waals surface area contributed by atoms with E-state index in [-0.39, 0.29) is 18.2 Å². The second-order valence-corrected chi connectivity index (χ2v) is 6.21. The monoisotopic (exact) mass is 255 g/mol. The first kappa shape index (κ1) is 13.2. The van der Waals surface area contributed by atoms with E-state index < -0.39 is 17.5 Å². The van der Waals surface area contributed by atoms with Gasteiger partial charge in [0.1, 0.15) is 5.60 Å². The van der Waals surface area contributed by atoms with Crippen molar-refractivity contribution in [3.63, 3.8) is 0 Å². The van der Waals surface area contributed by atoms with E-state index in [2.05, 4.69) is 0 Å². The highest BCUT2D eigenvalue weighted by Gasteiger charge is 2.48. The minimum atomic E-state index is -0.797. The largest absolute Gasteiger partial charge is 0.481 e. The van der Waals surface area contributed by atoms with Crippen LogP contribution in [0, 0.1) is 5.92 Å². The summed E-state index contributed by atoms with van der Waals surface area (Å²) >= 11 is 0. The molecule has 1 unspecified atom stereocenters. The maximum atomic E-state index is 12.2. The van der Waals surface area contributed by atoms with Crippen LogP contribution >= 0.6 is 0 Å². The number of hydrogen-bond acceptors (Lipinski definition) is 3. The number of carboxylic acid groups (broad SMARTS) is 1. The molecule has 0 aliphatic carbocycles. The summed E-state index contributed by atoms with van der Waals surface area (Å²) < 4.78 is 5.38. The number of hydrogen-bond donors (Lipinski definition) is 1. The Kier molecular flexibility index (Phi) is 3.25. The Bertz CT molecular complexity index is 360. The number of carboxylic acids is 1. The molecule has 0 aromatic rings. The van der Waals surface area contributed by atoms with E-state index >= 15 is 0 Å². The zero-order valence-electron chi connectivity index (χ0n) is 11.2. The molecule has 2 aliphatic heterocycles. The fourth-order valence-electron chi connectivity index (χ4n) is 3.04. The molecule has 18 heavy (non-hydrogen) atoms. The van der Waals surface area contributed by atoms with E-state index in [9.17, 15) is 14.7 Å². The van der Waals surface area contributed by atoms with Gasteiger partial charge in [-0.25, -0.2) is 4.79 Å². The second kappa shape index (κ2) is 4.44. The summed E-state index contributed by atoms with van der Waals surface area (Å²) in [7, 11) is 0. The van der Waals surface area contributed by atoms with Crippen LogP contribution in [0.1, 0.15) is 46.5 Å². The van der Waals surface area contributed by atoms with Crippen molar-refractivity contribution in [2.75, 3.05) is 0 Å². The van der Waals surface area contributed by atoms with Crippen LogP contribution in [-0.4, -0.2) is 39.8 Å². The predicted molar refractivity (Wildman–Crippen MR) is 65.2 cm³/mol. The fourth-order valence-corrected chi connectivity index (χ4v) is 3.04. The van der Waals surface area contributed by atoms with Gasteiger partial charge in [-0.3, -0.25) is 4.79 Å². The van der Waals surface area contributed by atoms with Gasteiger partial charge in [-0.15, -0.1) is 0 Å². The molecule has 0 spiro atoms. The number of fused-ring (bicyclic) bond motifs is 2. The highest BCUT2D eigenvalue weighted by Crippen LogP contribution is 2.40. The van der Waals surface area contributed by atoms with E-state index in [1.807, 2.05) is 20.8 Å². The van der Waals surface area contributed by atoms with Crippen LogP contribution in [0.3, 0.4) is 0 Å². The van der Waals surface area contributed by atoms with Gasteiger partial charge in [0.2, 0.25) is 0 Å². The molecule has 2 rings (SSSR count). The summed E-state index contributed by atoms with van der Waals surface area (Å²) in [6, 6.07) is -0.0171. The van der Waals surface area contributed by atoms with Gasteiger partial charge >= 0.3 is 12.1 Å². The Morgan fingerprint density at radius 2 is 1.78 bits per heavy atom. The van der Waals surface area contributed by atoms with E-state index in [1.54, 1.807) is 4.90 Å². The quantitative estimate of drug-likeness (QED) is 0.780. The van der Waals surface area contributed by atoms with Gasteiger partial charge in [0.05, 0.1) is 5.92 Å². The van der Waals surface area contributed by atoms with Gasteiger partial charge < -0.3 is 14.7 Å². The predicted octanol–water partition coefficient (Wildman–Crippen LogP) is 2.25. The summed E-state index contributed by atoms with van der Waals surface area (Å²) in [5, 5.41) is 9.21. The lowest BCUT2D eigenvalue weighted by atomic mass is 9.90. The first-order valence-electron chi connectivity index (χ1n) is 6.54. The third kappa shape index (κ3) is 2.44. The van der Waals surface area contributed by atoms with Crippen LogP contribution in [0.15, 0.2) is 0 Å². The molecule has 3 atom stereocenters. The van der Waals surface area contributed by atoms with Gasteiger partial charge in [-0.05, 0) is 46.5 Å². The number of nitrogens with zero attached hydrogens (tertiary/aromatic N) is 1. The number of piperidine rings is 1. The Morgan fingerprint density at radius 1 is 1.17 bits per heavy atom. The maximum Gasteiger partial charge on any atom is 0.410 e. The molecule has 102 valence electrons. The minimum Gasteiger partial charge on any atom is -0.481 e. The molecule has 0 radical (unpaired) electrons. The molecule has 2 aliphatic rings. The van der Waals surface area contributed by atoms with Crippen molar-refractivity contribution in [2.45, 2.75) is 64.1 Å². The Hall–Kier alpha value is -1.26. The highest BCUT2D eigenvalue weighted by molar-refractivity contribution is 5.75. The normalized spacial score (nSPS) is 31.3. The van der Waals surface area contributed by atoms with Crippen molar-refractivity contribution in [1.29, 1.82) is 0 Å². The van der Waals surface area contributed by atoms with Crippen LogP contribution in [0.2, 0.25) is 0 Å². The van der Waals surface area contributed by atoms with Crippen molar-refractivity contribution in [2.24, 2.45) is 5.92 Å². The molecule has 0 aromatic heterocycles. The molecule has 2 saturated heterocycles. The standard InChI is InChI=1S/C13H21NO4/c1-13(2,3)18-12(17)14-8-4-6-9(11(15)16)10(14)7-5-8/h8-10H,4-7H2,1-3H3,(H,15,16)/t8-,9?,10-/m1/s1. The minimum absolute atomic E-state index is 0.167. The highest BCUT2D eigenvalue weighted by atomic mass is 16.6. The summed E-state index contributed by atoms with van der Waals surface area (Å²) in [6.07, 6.45) is 2.76. The third-order valence-corrected chi connectivity index (χ3v) is 3.74. The van der Waals surface area contributed by atoms with Crippen molar-refractivity contribution in [3.8, 4) is 0 Å². The van der Waals surface area contributed by atoms with Crippen LogP contribution in [-0.2, 0) is 9.53 Å². The van der Waals surface area contributed by atoms with Crippen molar-refractivity contribution in [1.82, 2.24) is 4.90 Å². The summed E-state index contributed by atoms with van der Waals surface area (Å²) in [5.41, 5.74) is -0.535. The second-order valence-electron chi connectivity index (χ2n) is 6.21. The van der Waals surface area contributed by atoms with Gasteiger partial charge in [-0.1, -0.05) is 0 Å². The van der Waals surface area contributed by atoms with Gasteiger partial charge in [0, 0.05) is 12.1 Å². The number of carbonyl (C=O) groups excluding carboxylic acids is 1. The van der Waals surface area contributed by atoms with E-state index in [0.717, 1.165) is 19.3 Å². The zero-order chi connectivity index (χ0) is 13.5. The molecule has 5 nitrogen and oxygen atoms in total. The van der Waals surface area contributed by atoms with E-state index in [0.29, 0.717) is 6.42 Å². The smallest absolute Gasteiger partial charge is 0.410 e. The topological polar surface area (TPSA) is 66.8 Å². The summed E-state index contributed by atoms with van der Waals surface area (Å²) in [6.45, 7) is 5.47. The van der Waals surface area contributed by atoms with Crippen molar-refractivity contribution in [3.05, 3.63) is 0 Å². The molecule has 2 fully saturated rings. The average molecular weight is 255 g/mol. The molecule has 0 aromatic carbocycles. The number of amides is 1. The molecule has 1 amide bonds. The Balaban J connectivity index is 2.13. The molecule has 1 N–H and O–H groups in total. The first-order chi connectivity index (χ1) is 8.29. The summed E-state index contributed by atoms with van der Waals surface area (Å²) in [4.78, 5) is 25.0. The average Bonchev–Trinajstić information content (AvgIpc) is 2.49. The van der Waals surface area contributed by atoms with Crippen LogP contribution in [0.5, 0.6) is 0 Å². The Morgan fingerprint density at radius 3 is 2.33 bits per heavy atom.